The van der Waals surface area contributed by atoms with E-state index in [1.165, 1.54) is 49.7 Å². The molecule has 1 aromatic carbocycles. The van der Waals surface area contributed by atoms with Gasteiger partial charge in [0.2, 0.25) is 0 Å². The lowest BCUT2D eigenvalue weighted by Gasteiger charge is -2.17. The van der Waals surface area contributed by atoms with Crippen LogP contribution >= 0.6 is 0 Å². The molecule has 1 aromatic rings. The third-order valence-electron chi connectivity index (χ3n) is 3.30. The first-order chi connectivity index (χ1) is 7.74. The molecule has 1 heteroatoms. The van der Waals surface area contributed by atoms with Crippen molar-refractivity contribution >= 4 is 0 Å². The van der Waals surface area contributed by atoms with Crippen LogP contribution < -0.4 is 4.74 Å². The van der Waals surface area contributed by atoms with Crippen molar-refractivity contribution in [1.82, 2.24) is 0 Å². The minimum atomic E-state index is 0.448. The van der Waals surface area contributed by atoms with Crippen molar-refractivity contribution in [3.63, 3.8) is 0 Å². The standard InChI is InChI=1S/C15H22O/c1-12-9-13(2)11-15(10-12)16-14-7-5-3-4-6-8-14/h9-11,14H,3-8H2,1-2H3. The van der Waals surface area contributed by atoms with E-state index in [9.17, 15) is 0 Å². The van der Waals surface area contributed by atoms with Crippen LogP contribution in [0.25, 0.3) is 0 Å². The van der Waals surface area contributed by atoms with E-state index in [1.54, 1.807) is 0 Å². The number of hydrogen-bond donors (Lipinski definition) is 0. The Morgan fingerprint density at radius 3 is 2.00 bits per heavy atom. The molecule has 0 aliphatic heterocycles. The van der Waals surface area contributed by atoms with Crippen LogP contribution in [0, 0.1) is 13.8 Å². The maximum Gasteiger partial charge on any atom is 0.120 e. The molecule has 0 N–H and O–H groups in total. The van der Waals surface area contributed by atoms with Crippen molar-refractivity contribution in [2.75, 3.05) is 0 Å². The molecule has 0 spiro atoms. The summed E-state index contributed by atoms with van der Waals surface area (Å²) < 4.78 is 6.10. The molecule has 0 aromatic heterocycles. The Morgan fingerprint density at radius 1 is 0.875 bits per heavy atom. The highest BCUT2D eigenvalue weighted by Gasteiger charge is 2.13. The molecule has 1 aliphatic rings. The van der Waals surface area contributed by atoms with Gasteiger partial charge in [0, 0.05) is 0 Å². The van der Waals surface area contributed by atoms with Crippen LogP contribution in [0.1, 0.15) is 49.7 Å². The van der Waals surface area contributed by atoms with E-state index in [-0.39, 0.29) is 0 Å². The van der Waals surface area contributed by atoms with Gasteiger partial charge >= 0.3 is 0 Å². The van der Waals surface area contributed by atoms with Gasteiger partial charge in [-0.05, 0) is 62.8 Å². The Bertz CT molecular complexity index is 315. The van der Waals surface area contributed by atoms with E-state index >= 15 is 0 Å². The monoisotopic (exact) mass is 218 g/mol. The Morgan fingerprint density at radius 2 is 1.44 bits per heavy atom. The second-order valence-corrected chi connectivity index (χ2v) is 5.05. The average molecular weight is 218 g/mol. The molecule has 0 bridgehead atoms. The van der Waals surface area contributed by atoms with Gasteiger partial charge in [0.15, 0.2) is 0 Å². The summed E-state index contributed by atoms with van der Waals surface area (Å²) in [5.74, 6) is 1.06. The molecule has 0 saturated heterocycles. The van der Waals surface area contributed by atoms with Crippen LogP contribution in [0.5, 0.6) is 5.75 Å². The maximum absolute atomic E-state index is 6.10. The van der Waals surface area contributed by atoms with Crippen molar-refractivity contribution in [3.05, 3.63) is 29.3 Å². The first-order valence-corrected chi connectivity index (χ1v) is 6.49. The van der Waals surface area contributed by atoms with E-state index in [2.05, 4.69) is 32.0 Å². The zero-order valence-corrected chi connectivity index (χ0v) is 10.5. The minimum Gasteiger partial charge on any atom is -0.490 e. The third-order valence-corrected chi connectivity index (χ3v) is 3.30. The number of ether oxygens (including phenoxy) is 1. The number of hydrogen-bond acceptors (Lipinski definition) is 1. The first kappa shape index (κ1) is 11.5. The molecule has 1 fully saturated rings. The molecule has 2 rings (SSSR count). The summed E-state index contributed by atoms with van der Waals surface area (Å²) in [5, 5.41) is 0. The molecule has 1 saturated carbocycles. The fourth-order valence-electron chi connectivity index (χ4n) is 2.55. The second kappa shape index (κ2) is 5.38. The van der Waals surface area contributed by atoms with Crippen LogP contribution in [-0.2, 0) is 0 Å². The minimum absolute atomic E-state index is 0.448. The van der Waals surface area contributed by atoms with Crippen LogP contribution in [-0.4, -0.2) is 6.10 Å². The van der Waals surface area contributed by atoms with Gasteiger partial charge in [0.05, 0.1) is 6.10 Å². The molecule has 1 nitrogen and oxygen atoms in total. The van der Waals surface area contributed by atoms with Crippen molar-refractivity contribution in [1.29, 1.82) is 0 Å². The van der Waals surface area contributed by atoms with Gasteiger partial charge in [-0.1, -0.05) is 18.9 Å². The highest BCUT2D eigenvalue weighted by atomic mass is 16.5. The zero-order chi connectivity index (χ0) is 11.4. The van der Waals surface area contributed by atoms with Gasteiger partial charge in [-0.25, -0.2) is 0 Å². The second-order valence-electron chi connectivity index (χ2n) is 5.05. The molecule has 0 atom stereocenters. The molecule has 16 heavy (non-hydrogen) atoms. The van der Waals surface area contributed by atoms with Crippen LogP contribution in [0.3, 0.4) is 0 Å². The highest BCUT2D eigenvalue weighted by molar-refractivity contribution is 5.33. The SMILES string of the molecule is Cc1cc(C)cc(OC2CCCCCC2)c1. The maximum atomic E-state index is 6.10. The van der Waals surface area contributed by atoms with Gasteiger partial charge in [-0.15, -0.1) is 0 Å². The zero-order valence-electron chi connectivity index (χ0n) is 10.5. The fraction of sp³-hybridized carbons (Fsp3) is 0.600. The Labute approximate surface area is 98.8 Å². The topological polar surface area (TPSA) is 9.23 Å². The Balaban J connectivity index is 2.01. The van der Waals surface area contributed by atoms with E-state index < -0.39 is 0 Å². The molecular weight excluding hydrogens is 196 g/mol. The number of aryl methyl sites for hydroxylation is 2. The fourth-order valence-corrected chi connectivity index (χ4v) is 2.55. The lowest BCUT2D eigenvalue weighted by molar-refractivity contribution is 0.183. The van der Waals surface area contributed by atoms with Gasteiger partial charge in [-0.3, -0.25) is 0 Å². The summed E-state index contributed by atoms with van der Waals surface area (Å²) in [6.07, 6.45) is 8.33. The van der Waals surface area contributed by atoms with Gasteiger partial charge in [-0.2, -0.15) is 0 Å². The normalized spacial score (nSPS) is 18.1. The summed E-state index contributed by atoms with van der Waals surface area (Å²) in [5.41, 5.74) is 2.59. The van der Waals surface area contributed by atoms with Crippen LogP contribution in [0.2, 0.25) is 0 Å². The summed E-state index contributed by atoms with van der Waals surface area (Å²) in [6, 6.07) is 6.50. The summed E-state index contributed by atoms with van der Waals surface area (Å²) in [6.45, 7) is 4.26. The third kappa shape index (κ3) is 3.26. The molecule has 0 radical (unpaired) electrons. The molecule has 0 amide bonds. The molecule has 88 valence electrons. The summed E-state index contributed by atoms with van der Waals surface area (Å²) in [4.78, 5) is 0. The predicted octanol–water partition coefficient (Wildman–Crippen LogP) is 4.41. The van der Waals surface area contributed by atoms with Gasteiger partial charge in [0.1, 0.15) is 5.75 Å². The predicted molar refractivity (Wildman–Crippen MR) is 68.0 cm³/mol. The van der Waals surface area contributed by atoms with E-state index in [1.807, 2.05) is 0 Å². The lowest BCUT2D eigenvalue weighted by atomic mass is 10.1. The van der Waals surface area contributed by atoms with Crippen LogP contribution in [0.15, 0.2) is 18.2 Å². The number of rotatable bonds is 2. The van der Waals surface area contributed by atoms with E-state index in [0.29, 0.717) is 6.10 Å². The van der Waals surface area contributed by atoms with E-state index in [4.69, 9.17) is 4.74 Å². The van der Waals surface area contributed by atoms with Gasteiger partial charge < -0.3 is 4.74 Å². The molecule has 0 unspecified atom stereocenters. The molecular formula is C15H22O. The molecule has 0 heterocycles. The highest BCUT2D eigenvalue weighted by Crippen LogP contribution is 2.24. The lowest BCUT2D eigenvalue weighted by Crippen LogP contribution is -2.15. The summed E-state index contributed by atoms with van der Waals surface area (Å²) in [7, 11) is 0. The first-order valence-electron chi connectivity index (χ1n) is 6.49. The largest absolute Gasteiger partial charge is 0.490 e. The van der Waals surface area contributed by atoms with Crippen molar-refractivity contribution in [3.8, 4) is 5.75 Å². The van der Waals surface area contributed by atoms with E-state index in [0.717, 1.165) is 5.75 Å². The van der Waals surface area contributed by atoms with Crippen LogP contribution in [0.4, 0.5) is 0 Å². The van der Waals surface area contributed by atoms with Crippen molar-refractivity contribution in [2.45, 2.75) is 58.5 Å². The molecule has 1 aliphatic carbocycles. The van der Waals surface area contributed by atoms with Crippen molar-refractivity contribution < 1.29 is 4.74 Å². The van der Waals surface area contributed by atoms with Gasteiger partial charge in [0.25, 0.3) is 0 Å². The summed E-state index contributed by atoms with van der Waals surface area (Å²) >= 11 is 0. The smallest absolute Gasteiger partial charge is 0.120 e. The Kier molecular flexibility index (Phi) is 3.87. The number of benzene rings is 1. The average Bonchev–Trinajstić information content (AvgIpc) is 2.44. The Hall–Kier alpha value is -0.980. The van der Waals surface area contributed by atoms with Crippen molar-refractivity contribution in [2.24, 2.45) is 0 Å². The quantitative estimate of drug-likeness (QED) is 0.668.